The fourth-order valence-corrected chi connectivity index (χ4v) is 9.18. The third kappa shape index (κ3) is 9.03. The van der Waals surface area contributed by atoms with Gasteiger partial charge in [0, 0.05) is 94.9 Å². The van der Waals surface area contributed by atoms with E-state index in [1.54, 1.807) is 24.4 Å². The number of anilines is 3. The zero-order valence-electron chi connectivity index (χ0n) is 33.9. The number of esters is 1. The number of carbonyl (C=O) groups is 5. The number of hydrogen-bond acceptors (Lipinski definition) is 13. The molecule has 0 bridgehead atoms. The Kier molecular flexibility index (Phi) is 11.7. The summed E-state index contributed by atoms with van der Waals surface area (Å²) in [6.07, 6.45) is -1.20. The Hall–Kier alpha value is -6.05. The number of piperidine rings is 2. The average Bonchev–Trinajstić information content (AvgIpc) is 3.24. The first kappa shape index (κ1) is 41.7. The summed E-state index contributed by atoms with van der Waals surface area (Å²) in [6.45, 7) is 10.2. The van der Waals surface area contributed by atoms with Gasteiger partial charge < -0.3 is 35.0 Å². The van der Waals surface area contributed by atoms with E-state index in [0.29, 0.717) is 43.6 Å². The third-order valence-corrected chi connectivity index (χ3v) is 12.2. The molecule has 7 heterocycles. The van der Waals surface area contributed by atoms with Crippen molar-refractivity contribution in [2.75, 3.05) is 74.0 Å². The molecule has 2 aromatic heterocycles. The molecule has 324 valence electrons. The lowest BCUT2D eigenvalue weighted by molar-refractivity contribution is -0.189. The number of piperazine rings is 2. The Balaban J connectivity index is 0.829. The summed E-state index contributed by atoms with van der Waals surface area (Å²) in [4.78, 5) is 77.3. The summed E-state index contributed by atoms with van der Waals surface area (Å²) in [5, 5.41) is 16.8. The van der Waals surface area contributed by atoms with Gasteiger partial charge in [0.25, 0.3) is 5.91 Å². The number of aromatic nitrogens is 3. The van der Waals surface area contributed by atoms with Crippen LogP contribution in [0.3, 0.4) is 0 Å². The summed E-state index contributed by atoms with van der Waals surface area (Å²) in [5.41, 5.74) is 2.24. The maximum absolute atomic E-state index is 14.2. The van der Waals surface area contributed by atoms with Crippen molar-refractivity contribution in [3.63, 3.8) is 0 Å². The summed E-state index contributed by atoms with van der Waals surface area (Å²) >= 11 is 0. The van der Waals surface area contributed by atoms with Crippen molar-refractivity contribution < 1.29 is 41.9 Å². The number of amides is 5. The number of benzene rings is 1. The quantitative estimate of drug-likeness (QED) is 0.179. The van der Waals surface area contributed by atoms with E-state index in [4.69, 9.17) is 0 Å². The van der Waals surface area contributed by atoms with Crippen molar-refractivity contribution in [1.29, 1.82) is 0 Å². The molecule has 0 radical (unpaired) electrons. The van der Waals surface area contributed by atoms with Crippen molar-refractivity contribution in [1.82, 2.24) is 40.5 Å². The van der Waals surface area contributed by atoms with E-state index in [9.17, 15) is 37.1 Å². The number of pyridine rings is 1. The number of halogens is 3. The molecule has 4 atom stereocenters. The van der Waals surface area contributed by atoms with Crippen molar-refractivity contribution in [2.24, 2.45) is 5.92 Å². The first-order chi connectivity index (χ1) is 29.2. The van der Waals surface area contributed by atoms with Crippen LogP contribution in [0.1, 0.15) is 50.0 Å². The SMILES string of the molecule is C[C@@H]1CN(CC2CCN(c3ccnc(C(=O)NC4CCC(=O)NC4=O)c3)CC2)C[C@H](C)N1C(=O)N1CCN2c3cc(-c4ccccc4OC(=O)C(F)(F)F)nnc3NC[C@H]2C1. The van der Waals surface area contributed by atoms with Crippen LogP contribution in [0, 0.1) is 5.92 Å². The molecule has 20 heteroatoms. The molecular formula is C41H48F3N11O6. The summed E-state index contributed by atoms with van der Waals surface area (Å²) in [6, 6.07) is 10.3. The highest BCUT2D eigenvalue weighted by molar-refractivity contribution is 6.03. The number of imide groups is 1. The topological polar surface area (TPSA) is 186 Å². The maximum Gasteiger partial charge on any atom is 0.491 e. The molecule has 5 amide bonds. The molecule has 0 aliphatic carbocycles. The molecule has 3 N–H and O–H groups in total. The van der Waals surface area contributed by atoms with Gasteiger partial charge in [0.2, 0.25) is 11.8 Å². The average molecular weight is 848 g/mol. The highest BCUT2D eigenvalue weighted by Gasteiger charge is 2.43. The molecular weight excluding hydrogens is 800 g/mol. The van der Waals surface area contributed by atoms with Crippen molar-refractivity contribution in [3.8, 4) is 17.0 Å². The second-order valence-corrected chi connectivity index (χ2v) is 16.4. The molecule has 17 nitrogen and oxygen atoms in total. The minimum atomic E-state index is -5.16. The number of rotatable bonds is 7. The van der Waals surface area contributed by atoms with Crippen LogP contribution in [-0.2, 0) is 14.4 Å². The summed E-state index contributed by atoms with van der Waals surface area (Å²) in [7, 11) is 0. The molecule has 4 fully saturated rings. The lowest BCUT2D eigenvalue weighted by Crippen LogP contribution is -2.65. The Morgan fingerprint density at radius 2 is 1.69 bits per heavy atom. The van der Waals surface area contributed by atoms with Crippen LogP contribution in [0.2, 0.25) is 0 Å². The van der Waals surface area contributed by atoms with Gasteiger partial charge in [-0.2, -0.15) is 13.2 Å². The fraction of sp³-hybridized carbons (Fsp3) is 0.512. The van der Waals surface area contributed by atoms with Crippen LogP contribution in [0.5, 0.6) is 5.75 Å². The number of alkyl halides is 3. The zero-order chi connectivity index (χ0) is 43.0. The van der Waals surface area contributed by atoms with Crippen LogP contribution in [0.25, 0.3) is 11.3 Å². The molecule has 8 rings (SSSR count). The van der Waals surface area contributed by atoms with Gasteiger partial charge in [0.15, 0.2) is 5.82 Å². The minimum Gasteiger partial charge on any atom is -0.419 e. The highest BCUT2D eigenvalue weighted by Crippen LogP contribution is 2.37. The summed E-state index contributed by atoms with van der Waals surface area (Å²) < 4.78 is 43.7. The van der Waals surface area contributed by atoms with Crippen LogP contribution < -0.4 is 30.5 Å². The largest absolute Gasteiger partial charge is 0.491 e. The molecule has 0 saturated carbocycles. The van der Waals surface area contributed by atoms with Gasteiger partial charge in [-0.3, -0.25) is 29.6 Å². The number of nitrogens with zero attached hydrogens (tertiary/aromatic N) is 8. The first-order valence-electron chi connectivity index (χ1n) is 20.6. The van der Waals surface area contributed by atoms with E-state index in [-0.39, 0.29) is 65.6 Å². The number of hydrogen-bond donors (Lipinski definition) is 3. The van der Waals surface area contributed by atoms with Crippen LogP contribution in [0.15, 0.2) is 48.7 Å². The van der Waals surface area contributed by atoms with E-state index < -0.39 is 30.0 Å². The van der Waals surface area contributed by atoms with E-state index in [2.05, 4.69) is 64.4 Å². The number of nitrogens with one attached hydrogen (secondary N) is 3. The number of urea groups is 1. The van der Waals surface area contributed by atoms with E-state index in [1.807, 2.05) is 15.9 Å². The predicted molar refractivity (Wildman–Crippen MR) is 216 cm³/mol. The lowest BCUT2D eigenvalue weighted by atomic mass is 9.94. The van der Waals surface area contributed by atoms with Crippen molar-refractivity contribution in [2.45, 2.75) is 69.9 Å². The molecule has 5 aliphatic rings. The van der Waals surface area contributed by atoms with Gasteiger partial charge in [-0.1, -0.05) is 12.1 Å². The second kappa shape index (κ2) is 17.1. The van der Waals surface area contributed by atoms with Gasteiger partial charge in [0.05, 0.1) is 17.4 Å². The smallest absolute Gasteiger partial charge is 0.419 e. The predicted octanol–water partition coefficient (Wildman–Crippen LogP) is 2.89. The Morgan fingerprint density at radius 1 is 0.934 bits per heavy atom. The van der Waals surface area contributed by atoms with Gasteiger partial charge in [-0.05, 0) is 69.4 Å². The number of carbonyl (C=O) groups excluding carboxylic acids is 5. The molecule has 5 aliphatic heterocycles. The number of fused-ring (bicyclic) bond motifs is 3. The van der Waals surface area contributed by atoms with E-state index >= 15 is 0 Å². The second-order valence-electron chi connectivity index (χ2n) is 16.4. The first-order valence-corrected chi connectivity index (χ1v) is 20.6. The lowest BCUT2D eigenvalue weighted by Gasteiger charge is -2.50. The maximum atomic E-state index is 14.2. The number of para-hydroxylation sites is 1. The van der Waals surface area contributed by atoms with Crippen LogP contribution >= 0.6 is 0 Å². The molecule has 61 heavy (non-hydrogen) atoms. The fourth-order valence-electron chi connectivity index (χ4n) is 9.18. The molecule has 0 spiro atoms. The van der Waals surface area contributed by atoms with Gasteiger partial charge in [-0.15, -0.1) is 10.2 Å². The Labute approximate surface area is 349 Å². The zero-order valence-corrected chi connectivity index (χ0v) is 33.9. The summed E-state index contributed by atoms with van der Waals surface area (Å²) in [5.74, 6) is -2.92. The van der Waals surface area contributed by atoms with E-state index in [1.165, 1.54) is 18.2 Å². The van der Waals surface area contributed by atoms with Crippen LogP contribution in [0.4, 0.5) is 35.2 Å². The Bertz CT molecular complexity index is 2170. The van der Waals surface area contributed by atoms with Crippen molar-refractivity contribution >= 4 is 46.9 Å². The molecule has 1 aromatic carbocycles. The third-order valence-electron chi connectivity index (χ3n) is 12.2. The van der Waals surface area contributed by atoms with Crippen LogP contribution in [-0.4, -0.2) is 149 Å². The Morgan fingerprint density at radius 3 is 2.43 bits per heavy atom. The van der Waals surface area contributed by atoms with Crippen molar-refractivity contribution in [3.05, 3.63) is 54.4 Å². The van der Waals surface area contributed by atoms with Gasteiger partial charge in [0.1, 0.15) is 17.5 Å². The normalized spacial score (nSPS) is 23.7. The number of ether oxygens (including phenoxy) is 1. The monoisotopic (exact) mass is 847 g/mol. The minimum absolute atomic E-state index is 0.00475. The molecule has 3 aromatic rings. The molecule has 1 unspecified atom stereocenters. The van der Waals surface area contributed by atoms with E-state index in [0.717, 1.165) is 51.3 Å². The molecule has 4 saturated heterocycles. The van der Waals surface area contributed by atoms with Gasteiger partial charge >= 0.3 is 18.2 Å². The van der Waals surface area contributed by atoms with Gasteiger partial charge in [-0.25, -0.2) is 9.59 Å². The standard InChI is InChI=1S/C41H48F3N11O6/c1-24-20-51(22-26-10-13-52(14-11-26)27-9-12-45-32(17-27)38(58)47-30-7-8-35(56)48-37(30)57)21-25(2)55(24)40(60)53-15-16-54-28(23-53)19-46-36-33(54)18-31(49-50-36)29-5-3-4-6-34(29)61-39(59)41(42,43)44/h3-6,9,12,17-18,24-26,28,30H,7-8,10-11,13-16,19-23H2,1-2H3,(H,46,50)(H,47,58)(H,48,56,57)/t24-,25+,28-,30?/m0/s1. The highest BCUT2D eigenvalue weighted by atomic mass is 19.4.